The normalized spacial score (nSPS) is 28.7. The number of piperidine rings is 1. The van der Waals surface area contributed by atoms with E-state index >= 15 is 0 Å². The molecule has 3 aliphatic rings. The van der Waals surface area contributed by atoms with Gasteiger partial charge in [0.05, 0.1) is 17.8 Å². The number of hydrogen-bond acceptors (Lipinski definition) is 4. The number of likely N-dealkylation sites (tertiary alicyclic amines) is 1. The second-order valence-corrected chi connectivity index (χ2v) is 6.95. The van der Waals surface area contributed by atoms with Gasteiger partial charge in [-0.25, -0.2) is 14.4 Å². The van der Waals surface area contributed by atoms with Crippen LogP contribution in [0.5, 0.6) is 0 Å². The quantitative estimate of drug-likeness (QED) is 0.855. The molecule has 1 aromatic rings. The Kier molecular flexibility index (Phi) is 3.27. The van der Waals surface area contributed by atoms with Crippen LogP contribution in [0, 0.1) is 17.2 Å². The molecule has 2 aliphatic heterocycles. The molecule has 5 nitrogen and oxygen atoms in total. The lowest BCUT2D eigenvalue weighted by Crippen LogP contribution is -2.48. The molecule has 3 fully saturated rings. The van der Waals surface area contributed by atoms with E-state index in [1.54, 1.807) is 0 Å². The molecular formula is C16H21FN4O. The van der Waals surface area contributed by atoms with Crippen LogP contribution in [-0.2, 0) is 4.79 Å². The SMILES string of the molecule is O=C1N(CC2CC2)CC[C@@]12CCCN(c1ncc(F)cn1)C2. The van der Waals surface area contributed by atoms with Crippen molar-refractivity contribution in [2.75, 3.05) is 31.1 Å². The molecule has 22 heavy (non-hydrogen) atoms. The molecule has 0 radical (unpaired) electrons. The Morgan fingerprint density at radius 2 is 2.00 bits per heavy atom. The average Bonchev–Trinajstić information content (AvgIpc) is 3.31. The first kappa shape index (κ1) is 13.9. The molecule has 0 N–H and O–H groups in total. The van der Waals surface area contributed by atoms with E-state index in [2.05, 4.69) is 14.9 Å². The average molecular weight is 304 g/mol. The maximum atomic E-state index is 13.0. The van der Waals surface area contributed by atoms with E-state index < -0.39 is 5.82 Å². The molecule has 1 aliphatic carbocycles. The molecule has 1 amide bonds. The predicted octanol–water partition coefficient (Wildman–Crippen LogP) is 1.84. The summed E-state index contributed by atoms with van der Waals surface area (Å²) >= 11 is 0. The lowest BCUT2D eigenvalue weighted by Gasteiger charge is -2.39. The van der Waals surface area contributed by atoms with E-state index in [1.807, 2.05) is 4.90 Å². The van der Waals surface area contributed by atoms with Crippen LogP contribution >= 0.6 is 0 Å². The molecule has 6 heteroatoms. The molecule has 0 bridgehead atoms. The minimum Gasteiger partial charge on any atom is -0.342 e. The number of hydrogen-bond donors (Lipinski definition) is 0. The van der Waals surface area contributed by atoms with Gasteiger partial charge in [0.15, 0.2) is 5.82 Å². The summed E-state index contributed by atoms with van der Waals surface area (Å²) in [5, 5.41) is 0. The van der Waals surface area contributed by atoms with Crippen LogP contribution in [0.2, 0.25) is 0 Å². The standard InChI is InChI=1S/C16H21FN4O/c17-13-8-18-15(19-9-13)21-6-1-4-16(11-21)5-7-20(14(16)22)10-12-2-3-12/h8-9,12H,1-7,10-11H2/t16-/m1/s1. The van der Waals surface area contributed by atoms with Crippen molar-refractivity contribution in [3.63, 3.8) is 0 Å². The van der Waals surface area contributed by atoms with Gasteiger partial charge >= 0.3 is 0 Å². The van der Waals surface area contributed by atoms with Gasteiger partial charge in [0.25, 0.3) is 0 Å². The Hall–Kier alpha value is -1.72. The minimum absolute atomic E-state index is 0.273. The van der Waals surface area contributed by atoms with Crippen LogP contribution in [0.4, 0.5) is 10.3 Å². The number of carbonyl (C=O) groups excluding carboxylic acids is 1. The van der Waals surface area contributed by atoms with E-state index in [-0.39, 0.29) is 5.41 Å². The van der Waals surface area contributed by atoms with Gasteiger partial charge in [-0.05, 0) is 38.0 Å². The molecule has 1 saturated carbocycles. The van der Waals surface area contributed by atoms with Gasteiger partial charge in [0, 0.05) is 26.2 Å². The first-order valence-corrected chi connectivity index (χ1v) is 8.18. The van der Waals surface area contributed by atoms with E-state index in [0.29, 0.717) is 18.4 Å². The number of halogens is 1. The highest BCUT2D eigenvalue weighted by Gasteiger charge is 2.49. The fraction of sp³-hybridized carbons (Fsp3) is 0.688. The molecule has 118 valence electrons. The van der Waals surface area contributed by atoms with Crippen molar-refractivity contribution < 1.29 is 9.18 Å². The third kappa shape index (κ3) is 2.44. The monoisotopic (exact) mass is 304 g/mol. The number of carbonyl (C=O) groups is 1. The van der Waals surface area contributed by atoms with Gasteiger partial charge in [0.2, 0.25) is 11.9 Å². The Balaban J connectivity index is 1.50. The Morgan fingerprint density at radius 1 is 1.23 bits per heavy atom. The minimum atomic E-state index is -0.428. The summed E-state index contributed by atoms with van der Waals surface area (Å²) in [4.78, 5) is 25.1. The van der Waals surface area contributed by atoms with Crippen molar-refractivity contribution in [3.8, 4) is 0 Å². The topological polar surface area (TPSA) is 49.3 Å². The van der Waals surface area contributed by atoms with Gasteiger partial charge < -0.3 is 9.80 Å². The second-order valence-electron chi connectivity index (χ2n) is 6.95. The maximum absolute atomic E-state index is 13.0. The summed E-state index contributed by atoms with van der Waals surface area (Å²) in [6, 6.07) is 0. The zero-order valence-corrected chi connectivity index (χ0v) is 12.7. The summed E-state index contributed by atoms with van der Waals surface area (Å²) in [7, 11) is 0. The van der Waals surface area contributed by atoms with E-state index in [1.165, 1.54) is 25.2 Å². The third-order valence-corrected chi connectivity index (χ3v) is 5.24. The third-order valence-electron chi connectivity index (χ3n) is 5.24. The zero-order chi connectivity index (χ0) is 15.2. The van der Waals surface area contributed by atoms with Crippen LogP contribution < -0.4 is 4.90 Å². The molecule has 2 saturated heterocycles. The van der Waals surface area contributed by atoms with Crippen LogP contribution in [0.3, 0.4) is 0 Å². The molecule has 3 heterocycles. The van der Waals surface area contributed by atoms with Crippen molar-refractivity contribution >= 4 is 11.9 Å². The highest BCUT2D eigenvalue weighted by molar-refractivity contribution is 5.85. The van der Waals surface area contributed by atoms with Crippen molar-refractivity contribution in [2.45, 2.75) is 32.1 Å². The van der Waals surface area contributed by atoms with Gasteiger partial charge in [-0.2, -0.15) is 0 Å². The molecule has 1 atom stereocenters. The Morgan fingerprint density at radius 3 is 2.73 bits per heavy atom. The summed E-state index contributed by atoms with van der Waals surface area (Å²) in [6.45, 7) is 3.32. The summed E-state index contributed by atoms with van der Waals surface area (Å²) in [6.07, 6.45) is 7.77. The number of anilines is 1. The number of aromatic nitrogens is 2. The lowest BCUT2D eigenvalue weighted by molar-refractivity contribution is -0.136. The fourth-order valence-corrected chi connectivity index (χ4v) is 3.83. The number of amides is 1. The van der Waals surface area contributed by atoms with E-state index in [4.69, 9.17) is 0 Å². The lowest BCUT2D eigenvalue weighted by atomic mass is 9.78. The van der Waals surface area contributed by atoms with Gasteiger partial charge in [0.1, 0.15) is 0 Å². The Bertz CT molecular complexity index is 574. The molecule has 1 spiro atoms. The Labute approximate surface area is 129 Å². The van der Waals surface area contributed by atoms with Crippen LogP contribution in [0.1, 0.15) is 32.1 Å². The largest absolute Gasteiger partial charge is 0.342 e. The predicted molar refractivity (Wildman–Crippen MR) is 79.8 cm³/mol. The van der Waals surface area contributed by atoms with Crippen molar-refractivity contribution in [2.24, 2.45) is 11.3 Å². The van der Waals surface area contributed by atoms with Crippen LogP contribution in [0.15, 0.2) is 12.4 Å². The van der Waals surface area contributed by atoms with Crippen LogP contribution in [0.25, 0.3) is 0 Å². The van der Waals surface area contributed by atoms with Gasteiger partial charge in [-0.1, -0.05) is 0 Å². The maximum Gasteiger partial charge on any atom is 0.230 e. The number of rotatable bonds is 3. The number of nitrogens with zero attached hydrogens (tertiary/aromatic N) is 4. The molecule has 0 aromatic carbocycles. The van der Waals surface area contributed by atoms with Crippen molar-refractivity contribution in [3.05, 3.63) is 18.2 Å². The van der Waals surface area contributed by atoms with Gasteiger partial charge in [-0.3, -0.25) is 4.79 Å². The van der Waals surface area contributed by atoms with E-state index in [0.717, 1.165) is 44.8 Å². The van der Waals surface area contributed by atoms with Crippen LogP contribution in [-0.4, -0.2) is 47.0 Å². The molecular weight excluding hydrogens is 283 g/mol. The molecule has 1 aromatic heterocycles. The highest BCUT2D eigenvalue weighted by atomic mass is 19.1. The zero-order valence-electron chi connectivity index (χ0n) is 12.7. The summed E-state index contributed by atoms with van der Waals surface area (Å²) in [5.41, 5.74) is -0.273. The van der Waals surface area contributed by atoms with Crippen molar-refractivity contribution in [1.82, 2.24) is 14.9 Å². The first-order chi connectivity index (χ1) is 10.7. The molecule has 0 unspecified atom stereocenters. The van der Waals surface area contributed by atoms with Gasteiger partial charge in [-0.15, -0.1) is 0 Å². The second kappa shape index (κ2) is 5.18. The smallest absolute Gasteiger partial charge is 0.230 e. The molecule has 4 rings (SSSR count). The van der Waals surface area contributed by atoms with Crippen molar-refractivity contribution in [1.29, 1.82) is 0 Å². The summed E-state index contributed by atoms with van der Waals surface area (Å²) < 4.78 is 13.0. The first-order valence-electron chi connectivity index (χ1n) is 8.18. The summed E-state index contributed by atoms with van der Waals surface area (Å²) in [5.74, 6) is 1.15. The fourth-order valence-electron chi connectivity index (χ4n) is 3.83. The van der Waals surface area contributed by atoms with E-state index in [9.17, 15) is 9.18 Å². The highest BCUT2D eigenvalue weighted by Crippen LogP contribution is 2.42.